The molecule has 0 heterocycles. The van der Waals surface area contributed by atoms with Crippen molar-refractivity contribution in [2.24, 2.45) is 0 Å². The summed E-state index contributed by atoms with van der Waals surface area (Å²) in [5.74, 6) is -0.0394. The Morgan fingerprint density at radius 1 is 1.86 bits per heavy atom. The molecule has 0 rings (SSSR count). The fraction of sp³-hybridized carbons (Fsp3) is 0.600. The maximum Gasteiger partial charge on any atom is 0.253 e. The zero-order valence-electron chi connectivity index (χ0n) is 4.60. The molecule has 40 valence electrons. The Balaban J connectivity index is 3.34. The molecule has 0 aromatic carbocycles. The van der Waals surface area contributed by atoms with Crippen molar-refractivity contribution in [1.29, 1.82) is 0 Å². The van der Waals surface area contributed by atoms with Gasteiger partial charge in [-0.3, -0.25) is 4.79 Å². The second-order valence-corrected chi connectivity index (χ2v) is 1.33. The zero-order valence-corrected chi connectivity index (χ0v) is 4.60. The number of Topliss-reactive ketones (excluding diaryl/α,β-unsaturated/α-hetero) is 1. The number of hydrogen-bond acceptors (Lipinski definition) is 2. The van der Waals surface area contributed by atoms with Crippen LogP contribution in [0.5, 0.6) is 0 Å². The van der Waals surface area contributed by atoms with Gasteiger partial charge in [0, 0.05) is 14.0 Å². The molecule has 1 atom stereocenters. The van der Waals surface area contributed by atoms with Crippen molar-refractivity contribution in [2.75, 3.05) is 7.11 Å². The van der Waals surface area contributed by atoms with Gasteiger partial charge in [0.15, 0.2) is 0 Å². The Hall–Kier alpha value is -0.500. The molecule has 2 nitrogen and oxygen atoms in total. The lowest BCUT2D eigenvalue weighted by Crippen LogP contribution is -2.14. The first kappa shape index (κ1) is 6.50. The second-order valence-electron chi connectivity index (χ2n) is 1.33. The summed E-state index contributed by atoms with van der Waals surface area (Å²) in [5, 5.41) is 0. The van der Waals surface area contributed by atoms with E-state index in [1.54, 1.807) is 0 Å². The van der Waals surface area contributed by atoms with E-state index in [-0.39, 0.29) is 5.78 Å². The van der Waals surface area contributed by atoms with Crippen LogP contribution in [-0.4, -0.2) is 19.0 Å². The van der Waals surface area contributed by atoms with Crippen LogP contribution in [0.4, 0.5) is 0 Å². The minimum atomic E-state index is -0.486. The molecule has 0 aliphatic heterocycles. The second kappa shape index (κ2) is 2.64. The van der Waals surface area contributed by atoms with E-state index in [2.05, 4.69) is 11.7 Å². The van der Waals surface area contributed by atoms with Crippen molar-refractivity contribution < 1.29 is 9.53 Å². The first-order valence-electron chi connectivity index (χ1n) is 2.04. The molecule has 2 heteroatoms. The Kier molecular flexibility index (Phi) is 2.45. The summed E-state index contributed by atoms with van der Waals surface area (Å²) < 4.78 is 4.55. The van der Waals surface area contributed by atoms with Gasteiger partial charge >= 0.3 is 0 Å². The number of carbonyl (C=O) groups excluding carboxylic acids is 1. The van der Waals surface area contributed by atoms with Crippen LogP contribution in [0.1, 0.15) is 6.92 Å². The van der Waals surface area contributed by atoms with Crippen LogP contribution < -0.4 is 0 Å². The molecule has 0 bridgehead atoms. The number of carbonyl (C=O) groups is 1. The summed E-state index contributed by atoms with van der Waals surface area (Å²) in [5.41, 5.74) is 0. The highest BCUT2D eigenvalue weighted by Gasteiger charge is 2.10. The lowest BCUT2D eigenvalue weighted by Gasteiger charge is -1.93. The topological polar surface area (TPSA) is 26.3 Å². The van der Waals surface area contributed by atoms with Gasteiger partial charge in [0.1, 0.15) is 0 Å². The predicted octanol–water partition coefficient (Wildman–Crippen LogP) is 0.424. The van der Waals surface area contributed by atoms with E-state index in [1.807, 2.05) is 0 Å². The summed E-state index contributed by atoms with van der Waals surface area (Å²) in [6.45, 7) is 4.83. The summed E-state index contributed by atoms with van der Waals surface area (Å²) >= 11 is 0. The van der Waals surface area contributed by atoms with Crippen LogP contribution in [0.3, 0.4) is 0 Å². The highest BCUT2D eigenvalue weighted by atomic mass is 16.5. The summed E-state index contributed by atoms with van der Waals surface area (Å²) in [7, 11) is 1.46. The third-order valence-corrected chi connectivity index (χ3v) is 0.738. The van der Waals surface area contributed by atoms with Gasteiger partial charge in [0.2, 0.25) is 5.78 Å². The third-order valence-electron chi connectivity index (χ3n) is 0.738. The number of methoxy groups -OCH3 is 1. The van der Waals surface area contributed by atoms with Gasteiger partial charge in [-0.1, -0.05) is 0 Å². The van der Waals surface area contributed by atoms with E-state index in [0.717, 1.165) is 0 Å². The van der Waals surface area contributed by atoms with Gasteiger partial charge in [-0.15, -0.1) is 0 Å². The smallest absolute Gasteiger partial charge is 0.253 e. The molecule has 0 amide bonds. The molecule has 0 spiro atoms. The van der Waals surface area contributed by atoms with E-state index in [1.165, 1.54) is 14.0 Å². The molecule has 0 aliphatic rings. The molecular weight excluding hydrogens is 92.1 g/mol. The summed E-state index contributed by atoms with van der Waals surface area (Å²) in [6.07, 6.45) is -0.486. The Morgan fingerprint density at radius 2 is 2.29 bits per heavy atom. The molecule has 0 saturated carbocycles. The van der Waals surface area contributed by atoms with Gasteiger partial charge in [0.05, 0.1) is 6.92 Å². The normalized spacial score (nSPS) is 13.4. The third kappa shape index (κ3) is 2.23. The number of ether oxygens (including phenoxy) is 1. The zero-order chi connectivity index (χ0) is 5.86. The van der Waals surface area contributed by atoms with Crippen molar-refractivity contribution >= 4 is 5.78 Å². The van der Waals surface area contributed by atoms with E-state index >= 15 is 0 Å². The monoisotopic (exact) mass is 101 g/mol. The van der Waals surface area contributed by atoms with Gasteiger partial charge in [-0.05, 0) is 0 Å². The van der Waals surface area contributed by atoms with Gasteiger partial charge in [-0.2, -0.15) is 0 Å². The van der Waals surface area contributed by atoms with Crippen molar-refractivity contribution in [2.45, 2.75) is 13.0 Å². The van der Waals surface area contributed by atoms with Gasteiger partial charge in [-0.25, -0.2) is 0 Å². The molecule has 0 N–H and O–H groups in total. The van der Waals surface area contributed by atoms with E-state index < -0.39 is 6.10 Å². The van der Waals surface area contributed by atoms with Crippen LogP contribution in [0.2, 0.25) is 0 Å². The first-order chi connectivity index (χ1) is 3.18. The van der Waals surface area contributed by atoms with Crippen LogP contribution in [0.15, 0.2) is 0 Å². The summed E-state index contributed by atoms with van der Waals surface area (Å²) in [6, 6.07) is 0. The van der Waals surface area contributed by atoms with Crippen molar-refractivity contribution in [3.8, 4) is 0 Å². The molecule has 0 aromatic heterocycles. The van der Waals surface area contributed by atoms with Crippen LogP contribution >= 0.6 is 0 Å². The Labute approximate surface area is 43.5 Å². The molecule has 0 fully saturated rings. The van der Waals surface area contributed by atoms with Gasteiger partial charge < -0.3 is 4.74 Å². The quantitative estimate of drug-likeness (QED) is 0.471. The van der Waals surface area contributed by atoms with Crippen molar-refractivity contribution in [3.05, 3.63) is 6.92 Å². The minimum Gasteiger partial charge on any atom is -0.335 e. The van der Waals surface area contributed by atoms with Crippen LogP contribution in [0, 0.1) is 6.92 Å². The molecule has 0 radical (unpaired) electrons. The Morgan fingerprint density at radius 3 is 2.29 bits per heavy atom. The maximum absolute atomic E-state index is 10.2. The van der Waals surface area contributed by atoms with Gasteiger partial charge in [0.25, 0.3) is 6.10 Å². The fourth-order valence-corrected chi connectivity index (χ4v) is 0.166. The van der Waals surface area contributed by atoms with E-state index in [4.69, 9.17) is 0 Å². The fourth-order valence-electron chi connectivity index (χ4n) is 0.166. The molecule has 1 unspecified atom stereocenters. The lowest BCUT2D eigenvalue weighted by molar-refractivity contribution is -0.124. The SMILES string of the molecule is [CH2+]C(OC)C(C)=O. The maximum atomic E-state index is 10.2. The van der Waals surface area contributed by atoms with Crippen molar-refractivity contribution in [3.63, 3.8) is 0 Å². The highest BCUT2D eigenvalue weighted by molar-refractivity contribution is 5.80. The van der Waals surface area contributed by atoms with E-state index in [9.17, 15) is 4.79 Å². The number of rotatable bonds is 2. The molecule has 7 heavy (non-hydrogen) atoms. The summed E-state index contributed by atoms with van der Waals surface area (Å²) in [4.78, 5) is 10.2. The predicted molar refractivity (Wildman–Crippen MR) is 26.8 cm³/mol. The Bertz CT molecular complexity index is 68.5. The first-order valence-corrected chi connectivity index (χ1v) is 2.04. The van der Waals surface area contributed by atoms with Crippen LogP contribution in [-0.2, 0) is 9.53 Å². The average molecular weight is 101 g/mol. The van der Waals surface area contributed by atoms with Crippen molar-refractivity contribution in [1.82, 2.24) is 0 Å². The number of hydrogen-bond donors (Lipinski definition) is 0. The molecule has 0 aromatic rings. The van der Waals surface area contributed by atoms with E-state index in [0.29, 0.717) is 0 Å². The molecule has 0 aliphatic carbocycles. The highest BCUT2D eigenvalue weighted by Crippen LogP contribution is 1.85. The molecular formula is C5H9O2+. The minimum absolute atomic E-state index is 0.0394. The average Bonchev–Trinajstić information content (AvgIpc) is 1.65. The largest absolute Gasteiger partial charge is 0.335 e. The lowest BCUT2D eigenvalue weighted by atomic mass is 10.3. The van der Waals surface area contributed by atoms with Crippen LogP contribution in [0.25, 0.3) is 0 Å². The standard InChI is InChI=1S/C5H9O2/c1-4(6)5(2)7-3/h5H,2H2,1,3H3/q+1. The number of ketones is 1. The molecule has 0 saturated heterocycles.